The lowest BCUT2D eigenvalue weighted by atomic mass is 10.0. The fraction of sp³-hybridized carbons (Fsp3) is 0.909. The monoisotopic (exact) mass is 229 g/mol. The summed E-state index contributed by atoms with van der Waals surface area (Å²) in [6.07, 6.45) is 1.98. The number of primary amides is 1. The molecular weight excluding hydrogens is 206 g/mol. The molecule has 1 saturated heterocycles. The SMILES string of the molecule is COCC(C)CNC1CCN(C(N)=O)CC1. The molecule has 0 aromatic carbocycles. The van der Waals surface area contributed by atoms with Gasteiger partial charge in [0.05, 0.1) is 0 Å². The molecule has 1 rings (SSSR count). The Kier molecular flexibility index (Phi) is 5.55. The molecule has 0 radical (unpaired) electrons. The van der Waals surface area contributed by atoms with Gasteiger partial charge in [0.2, 0.25) is 0 Å². The number of nitrogens with one attached hydrogen (secondary N) is 1. The first-order chi connectivity index (χ1) is 7.63. The highest BCUT2D eigenvalue weighted by Gasteiger charge is 2.20. The van der Waals surface area contributed by atoms with E-state index in [9.17, 15) is 4.79 Å². The Morgan fingerprint density at radius 1 is 1.56 bits per heavy atom. The average Bonchev–Trinajstić information content (AvgIpc) is 2.27. The number of hydrogen-bond donors (Lipinski definition) is 2. The number of piperidine rings is 1. The molecule has 3 N–H and O–H groups in total. The minimum absolute atomic E-state index is 0.300. The molecule has 94 valence electrons. The summed E-state index contributed by atoms with van der Waals surface area (Å²) in [4.78, 5) is 12.6. The van der Waals surface area contributed by atoms with E-state index >= 15 is 0 Å². The molecule has 0 spiro atoms. The van der Waals surface area contributed by atoms with Crippen LogP contribution in [-0.4, -0.2) is 50.3 Å². The number of methoxy groups -OCH3 is 1. The van der Waals surface area contributed by atoms with Crippen molar-refractivity contribution in [1.82, 2.24) is 10.2 Å². The maximum absolute atomic E-state index is 10.9. The predicted octanol–water partition coefficient (Wildman–Crippen LogP) is 0.402. The zero-order valence-corrected chi connectivity index (χ0v) is 10.2. The van der Waals surface area contributed by atoms with E-state index in [-0.39, 0.29) is 6.03 Å². The van der Waals surface area contributed by atoms with Crippen LogP contribution in [0.5, 0.6) is 0 Å². The van der Waals surface area contributed by atoms with Crippen LogP contribution in [0.4, 0.5) is 4.79 Å². The van der Waals surface area contributed by atoms with Crippen LogP contribution in [-0.2, 0) is 4.74 Å². The van der Waals surface area contributed by atoms with Gasteiger partial charge in [0.25, 0.3) is 0 Å². The standard InChI is InChI=1S/C11H23N3O2/c1-9(8-16-2)7-13-10-3-5-14(6-4-10)11(12)15/h9-10,13H,3-8H2,1-2H3,(H2,12,15). The van der Waals surface area contributed by atoms with Crippen molar-refractivity contribution < 1.29 is 9.53 Å². The minimum atomic E-state index is -0.300. The highest BCUT2D eigenvalue weighted by molar-refractivity contribution is 5.72. The van der Waals surface area contributed by atoms with Crippen molar-refractivity contribution >= 4 is 6.03 Å². The number of nitrogens with zero attached hydrogens (tertiary/aromatic N) is 1. The van der Waals surface area contributed by atoms with E-state index in [2.05, 4.69) is 12.2 Å². The summed E-state index contributed by atoms with van der Waals surface area (Å²) in [6.45, 7) is 5.45. The molecule has 5 heteroatoms. The van der Waals surface area contributed by atoms with Crippen molar-refractivity contribution in [2.75, 3.05) is 33.4 Å². The highest BCUT2D eigenvalue weighted by atomic mass is 16.5. The van der Waals surface area contributed by atoms with Gasteiger partial charge in [0.15, 0.2) is 0 Å². The van der Waals surface area contributed by atoms with Crippen LogP contribution in [0.2, 0.25) is 0 Å². The average molecular weight is 229 g/mol. The van der Waals surface area contributed by atoms with E-state index in [1.807, 2.05) is 0 Å². The second kappa shape index (κ2) is 6.70. The zero-order valence-electron chi connectivity index (χ0n) is 10.2. The summed E-state index contributed by atoms with van der Waals surface area (Å²) in [5, 5.41) is 3.51. The van der Waals surface area contributed by atoms with Gasteiger partial charge in [-0.2, -0.15) is 0 Å². The summed E-state index contributed by atoms with van der Waals surface area (Å²) >= 11 is 0. The van der Waals surface area contributed by atoms with Crippen molar-refractivity contribution in [2.24, 2.45) is 11.7 Å². The van der Waals surface area contributed by atoms with Gasteiger partial charge in [-0.15, -0.1) is 0 Å². The van der Waals surface area contributed by atoms with Gasteiger partial charge in [-0.1, -0.05) is 6.92 Å². The quantitative estimate of drug-likeness (QED) is 0.717. The van der Waals surface area contributed by atoms with Gasteiger partial charge in [0.1, 0.15) is 0 Å². The number of likely N-dealkylation sites (tertiary alicyclic amines) is 1. The predicted molar refractivity (Wildman–Crippen MR) is 63.2 cm³/mol. The fourth-order valence-corrected chi connectivity index (χ4v) is 2.02. The molecule has 2 amide bonds. The van der Waals surface area contributed by atoms with E-state index in [1.54, 1.807) is 12.0 Å². The normalized spacial score (nSPS) is 19.8. The first-order valence-corrected chi connectivity index (χ1v) is 5.90. The van der Waals surface area contributed by atoms with Crippen LogP contribution in [0.1, 0.15) is 19.8 Å². The lowest BCUT2D eigenvalue weighted by Crippen LogP contribution is -2.47. The molecule has 1 aliphatic rings. The van der Waals surface area contributed by atoms with E-state index < -0.39 is 0 Å². The third-order valence-corrected chi connectivity index (χ3v) is 3.01. The van der Waals surface area contributed by atoms with E-state index in [0.717, 1.165) is 39.1 Å². The van der Waals surface area contributed by atoms with Gasteiger partial charge in [-0.25, -0.2) is 4.79 Å². The molecular formula is C11H23N3O2. The Bertz CT molecular complexity index is 215. The van der Waals surface area contributed by atoms with Crippen LogP contribution in [0, 0.1) is 5.92 Å². The molecule has 1 fully saturated rings. The molecule has 0 bridgehead atoms. The Morgan fingerprint density at radius 3 is 2.69 bits per heavy atom. The molecule has 1 atom stereocenters. The molecule has 0 saturated carbocycles. The number of ether oxygens (including phenoxy) is 1. The number of carbonyl (C=O) groups excluding carboxylic acids is 1. The van der Waals surface area contributed by atoms with Crippen molar-refractivity contribution in [3.8, 4) is 0 Å². The number of urea groups is 1. The molecule has 16 heavy (non-hydrogen) atoms. The lowest BCUT2D eigenvalue weighted by Gasteiger charge is -2.31. The number of amides is 2. The Hall–Kier alpha value is -0.810. The molecule has 0 aromatic heterocycles. The van der Waals surface area contributed by atoms with Crippen molar-refractivity contribution in [3.05, 3.63) is 0 Å². The van der Waals surface area contributed by atoms with Crippen LogP contribution >= 0.6 is 0 Å². The van der Waals surface area contributed by atoms with Crippen LogP contribution in [0.15, 0.2) is 0 Å². The number of carbonyl (C=O) groups is 1. The van der Waals surface area contributed by atoms with Crippen molar-refractivity contribution in [1.29, 1.82) is 0 Å². The fourth-order valence-electron chi connectivity index (χ4n) is 2.02. The van der Waals surface area contributed by atoms with Crippen LogP contribution < -0.4 is 11.1 Å². The first kappa shape index (κ1) is 13.3. The molecule has 0 aliphatic carbocycles. The van der Waals surface area contributed by atoms with Gasteiger partial charge >= 0.3 is 6.03 Å². The Labute approximate surface area is 97.3 Å². The maximum atomic E-state index is 10.9. The molecule has 1 heterocycles. The van der Waals surface area contributed by atoms with Gasteiger partial charge in [0, 0.05) is 39.4 Å². The highest BCUT2D eigenvalue weighted by Crippen LogP contribution is 2.10. The summed E-state index contributed by atoms with van der Waals surface area (Å²) in [5.74, 6) is 0.527. The summed E-state index contributed by atoms with van der Waals surface area (Å²) in [6, 6.07) is 0.209. The van der Waals surface area contributed by atoms with Gasteiger partial charge < -0.3 is 20.7 Å². The lowest BCUT2D eigenvalue weighted by molar-refractivity contribution is 0.151. The van der Waals surface area contributed by atoms with Gasteiger partial charge in [-0.05, 0) is 18.8 Å². The second-order valence-electron chi connectivity index (χ2n) is 4.57. The topological polar surface area (TPSA) is 67.6 Å². The zero-order chi connectivity index (χ0) is 12.0. The van der Waals surface area contributed by atoms with Crippen LogP contribution in [0.25, 0.3) is 0 Å². The Balaban J connectivity index is 2.14. The van der Waals surface area contributed by atoms with Crippen molar-refractivity contribution in [2.45, 2.75) is 25.8 Å². The van der Waals surface area contributed by atoms with Crippen LogP contribution in [0.3, 0.4) is 0 Å². The smallest absolute Gasteiger partial charge is 0.314 e. The summed E-state index contributed by atoms with van der Waals surface area (Å²) in [7, 11) is 1.72. The number of hydrogen-bond acceptors (Lipinski definition) is 3. The summed E-state index contributed by atoms with van der Waals surface area (Å²) < 4.78 is 5.08. The van der Waals surface area contributed by atoms with E-state index in [0.29, 0.717) is 12.0 Å². The molecule has 5 nitrogen and oxygen atoms in total. The molecule has 1 unspecified atom stereocenters. The third-order valence-electron chi connectivity index (χ3n) is 3.01. The molecule has 1 aliphatic heterocycles. The number of nitrogens with two attached hydrogens (primary N) is 1. The van der Waals surface area contributed by atoms with Gasteiger partial charge in [-0.3, -0.25) is 0 Å². The first-order valence-electron chi connectivity index (χ1n) is 5.90. The second-order valence-corrected chi connectivity index (χ2v) is 4.57. The van der Waals surface area contributed by atoms with Crippen molar-refractivity contribution in [3.63, 3.8) is 0 Å². The Morgan fingerprint density at radius 2 is 2.19 bits per heavy atom. The summed E-state index contributed by atoms with van der Waals surface area (Å²) in [5.41, 5.74) is 5.22. The number of rotatable bonds is 5. The van der Waals surface area contributed by atoms with E-state index in [1.165, 1.54) is 0 Å². The van der Waals surface area contributed by atoms with E-state index in [4.69, 9.17) is 10.5 Å². The largest absolute Gasteiger partial charge is 0.384 e. The third kappa shape index (κ3) is 4.37. The molecule has 0 aromatic rings. The maximum Gasteiger partial charge on any atom is 0.314 e. The minimum Gasteiger partial charge on any atom is -0.384 e.